The standard InChI is InChI=1S/C18H20N4O2S/c1-12-3-5-16-14(9-12)15-11-21(2)8-7-17(15)22(16)18-6-4-13(10-20-18)25(19,23)24/h3-6,9-10H,7-8,11H2,1-2H3,(H2,19,23,24). The molecule has 1 aromatic carbocycles. The van der Waals surface area contributed by atoms with Crippen LogP contribution in [0, 0.1) is 6.92 Å². The zero-order valence-electron chi connectivity index (χ0n) is 14.2. The third-order valence-corrected chi connectivity index (χ3v) is 5.67. The quantitative estimate of drug-likeness (QED) is 0.761. The SMILES string of the molecule is Cc1ccc2c(c1)c1c(n2-c2ccc(S(N)(=O)=O)cn2)CCN(C)C1. The Labute approximate surface area is 146 Å². The number of sulfonamides is 1. The predicted octanol–water partition coefficient (Wildman–Crippen LogP) is 1.97. The Morgan fingerprint density at radius 1 is 1.20 bits per heavy atom. The summed E-state index contributed by atoms with van der Waals surface area (Å²) >= 11 is 0. The van der Waals surface area contributed by atoms with E-state index in [2.05, 4.69) is 46.6 Å². The Morgan fingerprint density at radius 2 is 2.00 bits per heavy atom. The van der Waals surface area contributed by atoms with Crippen molar-refractivity contribution >= 4 is 20.9 Å². The van der Waals surface area contributed by atoms with Crippen LogP contribution in [0.15, 0.2) is 41.4 Å². The molecule has 3 heterocycles. The zero-order valence-corrected chi connectivity index (χ0v) is 15.0. The van der Waals surface area contributed by atoms with E-state index in [1.807, 2.05) is 0 Å². The first-order valence-corrected chi connectivity index (χ1v) is 9.70. The van der Waals surface area contributed by atoms with E-state index in [-0.39, 0.29) is 4.90 Å². The molecule has 0 aliphatic carbocycles. The van der Waals surface area contributed by atoms with E-state index in [1.54, 1.807) is 6.07 Å². The molecule has 6 nitrogen and oxygen atoms in total. The van der Waals surface area contributed by atoms with Gasteiger partial charge in [0.25, 0.3) is 0 Å². The molecule has 4 rings (SSSR count). The van der Waals surface area contributed by atoms with Crippen LogP contribution >= 0.6 is 0 Å². The average Bonchev–Trinajstić information content (AvgIpc) is 2.87. The summed E-state index contributed by atoms with van der Waals surface area (Å²) in [5, 5.41) is 6.41. The van der Waals surface area contributed by atoms with Gasteiger partial charge >= 0.3 is 0 Å². The molecule has 0 saturated heterocycles. The lowest BCUT2D eigenvalue weighted by Crippen LogP contribution is -2.27. The molecule has 2 N–H and O–H groups in total. The number of fused-ring (bicyclic) bond motifs is 3. The van der Waals surface area contributed by atoms with Crippen LogP contribution in [0.1, 0.15) is 16.8 Å². The molecule has 25 heavy (non-hydrogen) atoms. The summed E-state index contributed by atoms with van der Waals surface area (Å²) in [5.74, 6) is 0.715. The molecule has 0 bridgehead atoms. The van der Waals surface area contributed by atoms with Crippen molar-refractivity contribution in [2.24, 2.45) is 5.14 Å². The molecule has 3 aromatic rings. The first-order chi connectivity index (χ1) is 11.8. The number of nitrogens with zero attached hydrogens (tertiary/aromatic N) is 3. The number of aromatic nitrogens is 2. The summed E-state index contributed by atoms with van der Waals surface area (Å²) in [6.07, 6.45) is 2.25. The lowest BCUT2D eigenvalue weighted by Gasteiger charge is -2.24. The molecule has 0 saturated carbocycles. The van der Waals surface area contributed by atoms with Gasteiger partial charge in [0, 0.05) is 36.8 Å². The summed E-state index contributed by atoms with van der Waals surface area (Å²) < 4.78 is 25.1. The highest BCUT2D eigenvalue weighted by Gasteiger charge is 2.23. The van der Waals surface area contributed by atoms with E-state index in [9.17, 15) is 8.42 Å². The predicted molar refractivity (Wildman–Crippen MR) is 97.2 cm³/mol. The van der Waals surface area contributed by atoms with Gasteiger partial charge in [-0.1, -0.05) is 11.6 Å². The van der Waals surface area contributed by atoms with Gasteiger partial charge in [-0.05, 0) is 43.8 Å². The second kappa shape index (κ2) is 5.66. The number of benzene rings is 1. The molecule has 7 heteroatoms. The van der Waals surface area contributed by atoms with E-state index < -0.39 is 10.0 Å². The maximum Gasteiger partial charge on any atom is 0.239 e. The van der Waals surface area contributed by atoms with E-state index >= 15 is 0 Å². The third kappa shape index (κ3) is 2.74. The van der Waals surface area contributed by atoms with Gasteiger partial charge < -0.3 is 4.90 Å². The topological polar surface area (TPSA) is 81.2 Å². The van der Waals surface area contributed by atoms with Crippen LogP contribution in [-0.2, 0) is 23.0 Å². The molecule has 0 fully saturated rings. The average molecular weight is 356 g/mol. The summed E-state index contributed by atoms with van der Waals surface area (Å²) in [5.41, 5.74) is 4.89. The van der Waals surface area contributed by atoms with Crippen molar-refractivity contribution in [3.05, 3.63) is 53.3 Å². The number of likely N-dealkylation sites (N-methyl/N-ethyl adjacent to an activating group) is 1. The van der Waals surface area contributed by atoms with E-state index in [4.69, 9.17) is 5.14 Å². The van der Waals surface area contributed by atoms with Gasteiger partial charge in [0.2, 0.25) is 10.0 Å². The number of rotatable bonds is 2. The van der Waals surface area contributed by atoms with Gasteiger partial charge in [0.15, 0.2) is 0 Å². The molecule has 0 atom stereocenters. The summed E-state index contributed by atoms with van der Waals surface area (Å²) in [4.78, 5) is 6.71. The van der Waals surface area contributed by atoms with Crippen molar-refractivity contribution < 1.29 is 8.42 Å². The van der Waals surface area contributed by atoms with Gasteiger partial charge in [-0.3, -0.25) is 4.57 Å². The highest BCUT2D eigenvalue weighted by molar-refractivity contribution is 7.89. The minimum Gasteiger partial charge on any atom is -0.302 e. The van der Waals surface area contributed by atoms with Gasteiger partial charge in [-0.25, -0.2) is 18.5 Å². The van der Waals surface area contributed by atoms with Crippen molar-refractivity contribution in [1.82, 2.24) is 14.5 Å². The molecule has 0 spiro atoms. The number of nitrogens with two attached hydrogens (primary N) is 1. The minimum atomic E-state index is -3.74. The lowest BCUT2D eigenvalue weighted by atomic mass is 10.0. The zero-order chi connectivity index (χ0) is 17.8. The monoisotopic (exact) mass is 356 g/mol. The second-order valence-electron chi connectivity index (χ2n) is 6.67. The second-order valence-corrected chi connectivity index (χ2v) is 8.23. The largest absolute Gasteiger partial charge is 0.302 e. The highest BCUT2D eigenvalue weighted by atomic mass is 32.2. The fraction of sp³-hybridized carbons (Fsp3) is 0.278. The van der Waals surface area contributed by atoms with E-state index in [0.29, 0.717) is 5.82 Å². The molecule has 0 unspecified atom stereocenters. The number of hydrogen-bond donors (Lipinski definition) is 1. The fourth-order valence-electron chi connectivity index (χ4n) is 3.54. The van der Waals surface area contributed by atoms with Crippen molar-refractivity contribution in [1.29, 1.82) is 0 Å². The smallest absolute Gasteiger partial charge is 0.239 e. The van der Waals surface area contributed by atoms with Crippen molar-refractivity contribution in [3.8, 4) is 5.82 Å². The maximum atomic E-state index is 11.5. The number of primary sulfonamides is 1. The molecule has 1 aliphatic heterocycles. The molecule has 0 radical (unpaired) electrons. The summed E-state index contributed by atoms with van der Waals surface area (Å²) in [7, 11) is -1.61. The van der Waals surface area contributed by atoms with Gasteiger partial charge in [-0.2, -0.15) is 0 Å². The van der Waals surface area contributed by atoms with Crippen LogP contribution in [-0.4, -0.2) is 36.5 Å². The van der Waals surface area contributed by atoms with Crippen molar-refractivity contribution in [2.75, 3.05) is 13.6 Å². The van der Waals surface area contributed by atoms with Crippen molar-refractivity contribution in [3.63, 3.8) is 0 Å². The van der Waals surface area contributed by atoms with Crippen LogP contribution < -0.4 is 5.14 Å². The van der Waals surface area contributed by atoms with Crippen LogP contribution in [0.4, 0.5) is 0 Å². The van der Waals surface area contributed by atoms with Crippen LogP contribution in [0.3, 0.4) is 0 Å². The highest BCUT2D eigenvalue weighted by Crippen LogP contribution is 2.33. The Morgan fingerprint density at radius 3 is 2.68 bits per heavy atom. The normalized spacial score (nSPS) is 15.5. The third-order valence-electron chi connectivity index (χ3n) is 4.77. The van der Waals surface area contributed by atoms with E-state index in [0.717, 1.165) is 25.0 Å². The fourth-order valence-corrected chi connectivity index (χ4v) is 4.00. The molecule has 2 aromatic heterocycles. The Bertz CT molecular complexity index is 1070. The van der Waals surface area contributed by atoms with Crippen LogP contribution in [0.25, 0.3) is 16.7 Å². The lowest BCUT2D eigenvalue weighted by molar-refractivity contribution is 0.311. The number of hydrogen-bond acceptors (Lipinski definition) is 4. The minimum absolute atomic E-state index is 0.0251. The maximum absolute atomic E-state index is 11.5. The first kappa shape index (κ1) is 16.3. The first-order valence-electron chi connectivity index (χ1n) is 8.15. The molecule has 1 aliphatic rings. The van der Waals surface area contributed by atoms with Gasteiger partial charge in [-0.15, -0.1) is 0 Å². The van der Waals surface area contributed by atoms with Gasteiger partial charge in [0.05, 0.1) is 5.52 Å². The number of pyridine rings is 1. The van der Waals surface area contributed by atoms with Crippen LogP contribution in [0.2, 0.25) is 0 Å². The van der Waals surface area contributed by atoms with Crippen LogP contribution in [0.5, 0.6) is 0 Å². The molecular weight excluding hydrogens is 336 g/mol. The van der Waals surface area contributed by atoms with Crippen molar-refractivity contribution in [2.45, 2.75) is 24.8 Å². The number of aryl methyl sites for hydroxylation is 1. The van der Waals surface area contributed by atoms with E-state index in [1.165, 1.54) is 34.5 Å². The molecule has 0 amide bonds. The molecular formula is C18H20N4O2S. The Balaban J connectivity index is 1.96. The molecule has 130 valence electrons. The van der Waals surface area contributed by atoms with Gasteiger partial charge in [0.1, 0.15) is 10.7 Å². The Hall–Kier alpha value is -2.22. The summed E-state index contributed by atoms with van der Waals surface area (Å²) in [6.45, 7) is 3.98. The summed E-state index contributed by atoms with van der Waals surface area (Å²) in [6, 6.07) is 9.64. The Kier molecular flexibility index (Phi) is 3.68.